The van der Waals surface area contributed by atoms with Crippen LogP contribution in [0.2, 0.25) is 0 Å². The van der Waals surface area contributed by atoms with Crippen molar-refractivity contribution in [3.05, 3.63) is 24.2 Å². The molecule has 1 aliphatic heterocycles. The number of nitrogen functional groups attached to an aromatic ring is 1. The first-order chi connectivity index (χ1) is 7.84. The summed E-state index contributed by atoms with van der Waals surface area (Å²) in [6.07, 6.45) is 4.36. The smallest absolute Gasteiger partial charge is 0.146 e. The second-order valence-electron chi connectivity index (χ2n) is 3.92. The number of anilines is 1. The maximum absolute atomic E-state index is 5.92. The van der Waals surface area contributed by atoms with Crippen LogP contribution in [0.4, 0.5) is 5.82 Å². The molecule has 0 radical (unpaired) electrons. The van der Waals surface area contributed by atoms with E-state index >= 15 is 0 Å². The second kappa shape index (κ2) is 3.68. The Morgan fingerprint density at radius 3 is 3.06 bits per heavy atom. The highest BCUT2D eigenvalue weighted by Gasteiger charge is 2.22. The zero-order valence-electron chi connectivity index (χ0n) is 8.76. The molecule has 5 heteroatoms. The Hall–Kier alpha value is -1.75. The first-order valence-corrected chi connectivity index (χ1v) is 5.29. The Morgan fingerprint density at radius 1 is 1.31 bits per heavy atom. The van der Waals surface area contributed by atoms with E-state index in [1.54, 1.807) is 12.4 Å². The topological polar surface area (TPSA) is 73.9 Å². The summed E-state index contributed by atoms with van der Waals surface area (Å²) >= 11 is 0. The van der Waals surface area contributed by atoms with Gasteiger partial charge in [0.1, 0.15) is 11.3 Å². The summed E-state index contributed by atoms with van der Waals surface area (Å²) in [4.78, 5) is 12.9. The van der Waals surface area contributed by atoms with Crippen molar-refractivity contribution in [1.29, 1.82) is 0 Å². The van der Waals surface area contributed by atoms with Gasteiger partial charge in [0.15, 0.2) is 0 Å². The number of nitrogens with zero attached hydrogens (tertiary/aromatic N) is 3. The van der Waals surface area contributed by atoms with Crippen molar-refractivity contribution in [2.75, 3.05) is 18.9 Å². The van der Waals surface area contributed by atoms with E-state index in [0.29, 0.717) is 12.4 Å². The number of nitrogens with two attached hydrogens (primary N) is 1. The summed E-state index contributed by atoms with van der Waals surface area (Å²) in [6, 6.07) is 1.81. The fourth-order valence-electron chi connectivity index (χ4n) is 1.98. The van der Waals surface area contributed by atoms with Gasteiger partial charge in [-0.3, -0.25) is 4.98 Å². The van der Waals surface area contributed by atoms with E-state index in [1.165, 1.54) is 0 Å². The molecule has 1 aliphatic rings. The molecule has 1 atom stereocenters. The van der Waals surface area contributed by atoms with Crippen molar-refractivity contribution < 1.29 is 4.74 Å². The van der Waals surface area contributed by atoms with Gasteiger partial charge in [-0.15, -0.1) is 0 Å². The zero-order chi connectivity index (χ0) is 11.0. The number of aromatic nitrogens is 3. The Balaban J connectivity index is 2.13. The Morgan fingerprint density at radius 2 is 2.25 bits per heavy atom. The molecule has 82 valence electrons. The molecule has 1 unspecified atom stereocenters. The lowest BCUT2D eigenvalue weighted by Crippen LogP contribution is -2.08. The summed E-state index contributed by atoms with van der Waals surface area (Å²) < 4.78 is 5.34. The van der Waals surface area contributed by atoms with Gasteiger partial charge in [0, 0.05) is 18.7 Å². The minimum Gasteiger partial charge on any atom is -0.382 e. The van der Waals surface area contributed by atoms with Gasteiger partial charge in [-0.05, 0) is 12.5 Å². The maximum atomic E-state index is 5.92. The van der Waals surface area contributed by atoms with Crippen molar-refractivity contribution in [1.82, 2.24) is 15.0 Å². The maximum Gasteiger partial charge on any atom is 0.146 e. The highest BCUT2D eigenvalue weighted by atomic mass is 16.5. The minimum absolute atomic E-state index is 0.275. The van der Waals surface area contributed by atoms with Gasteiger partial charge >= 0.3 is 0 Å². The summed E-state index contributed by atoms with van der Waals surface area (Å²) in [5.41, 5.74) is 8.34. The lowest BCUT2D eigenvalue weighted by Gasteiger charge is -2.10. The summed E-state index contributed by atoms with van der Waals surface area (Å²) in [6.45, 7) is 1.46. The average Bonchev–Trinajstić information content (AvgIpc) is 2.81. The van der Waals surface area contributed by atoms with E-state index in [9.17, 15) is 0 Å². The quantitative estimate of drug-likeness (QED) is 0.773. The number of hydrogen-bond donors (Lipinski definition) is 1. The molecule has 0 aromatic carbocycles. The molecular weight excluding hydrogens is 204 g/mol. The van der Waals surface area contributed by atoms with Gasteiger partial charge in [-0.2, -0.15) is 0 Å². The fourth-order valence-corrected chi connectivity index (χ4v) is 1.98. The molecule has 2 aromatic rings. The molecule has 0 bridgehead atoms. The summed E-state index contributed by atoms with van der Waals surface area (Å²) in [7, 11) is 0. The second-order valence-corrected chi connectivity index (χ2v) is 3.92. The van der Waals surface area contributed by atoms with Gasteiger partial charge in [0.25, 0.3) is 0 Å². The lowest BCUT2D eigenvalue weighted by molar-refractivity contribution is 0.193. The summed E-state index contributed by atoms with van der Waals surface area (Å²) in [5, 5.41) is 0. The Labute approximate surface area is 92.7 Å². The largest absolute Gasteiger partial charge is 0.382 e. The molecule has 0 amide bonds. The molecule has 1 saturated heterocycles. The highest BCUT2D eigenvalue weighted by molar-refractivity contribution is 5.74. The van der Waals surface area contributed by atoms with Crippen LogP contribution in [0.5, 0.6) is 0 Å². The average molecular weight is 216 g/mol. The Bertz CT molecular complexity index is 522. The SMILES string of the molecule is Nc1nc2ccncc2nc1C1CCOC1. The molecule has 0 spiro atoms. The van der Waals surface area contributed by atoms with E-state index in [-0.39, 0.29) is 5.92 Å². The van der Waals surface area contributed by atoms with E-state index < -0.39 is 0 Å². The molecule has 3 heterocycles. The monoisotopic (exact) mass is 216 g/mol. The predicted molar refractivity (Wildman–Crippen MR) is 59.9 cm³/mol. The minimum atomic E-state index is 0.275. The standard InChI is InChI=1S/C11H12N4O/c12-11-10(7-2-4-16-6-7)14-9-5-13-3-1-8(9)15-11/h1,3,5,7H,2,4,6H2,(H2,12,15). The van der Waals surface area contributed by atoms with Crippen molar-refractivity contribution in [3.63, 3.8) is 0 Å². The number of ether oxygens (including phenoxy) is 1. The molecule has 2 aromatic heterocycles. The van der Waals surface area contributed by atoms with Crippen LogP contribution in [0.25, 0.3) is 11.0 Å². The van der Waals surface area contributed by atoms with Crippen molar-refractivity contribution in [2.24, 2.45) is 0 Å². The molecular formula is C11H12N4O. The van der Waals surface area contributed by atoms with Gasteiger partial charge in [-0.25, -0.2) is 9.97 Å². The molecule has 2 N–H and O–H groups in total. The third-order valence-electron chi connectivity index (χ3n) is 2.84. The third kappa shape index (κ3) is 1.49. The van der Waals surface area contributed by atoms with E-state index in [4.69, 9.17) is 10.5 Å². The fraction of sp³-hybridized carbons (Fsp3) is 0.364. The number of rotatable bonds is 1. The van der Waals surface area contributed by atoms with E-state index in [2.05, 4.69) is 15.0 Å². The third-order valence-corrected chi connectivity index (χ3v) is 2.84. The summed E-state index contributed by atoms with van der Waals surface area (Å²) in [5.74, 6) is 0.784. The van der Waals surface area contributed by atoms with E-state index in [0.717, 1.165) is 29.8 Å². The van der Waals surface area contributed by atoms with Crippen LogP contribution >= 0.6 is 0 Å². The first-order valence-electron chi connectivity index (χ1n) is 5.29. The van der Waals surface area contributed by atoms with Crippen LogP contribution in [0.1, 0.15) is 18.0 Å². The van der Waals surface area contributed by atoms with Crippen LogP contribution < -0.4 is 5.73 Å². The van der Waals surface area contributed by atoms with Gasteiger partial charge in [-0.1, -0.05) is 0 Å². The van der Waals surface area contributed by atoms with Crippen molar-refractivity contribution in [2.45, 2.75) is 12.3 Å². The number of pyridine rings is 1. The van der Waals surface area contributed by atoms with Crippen molar-refractivity contribution >= 4 is 16.9 Å². The van der Waals surface area contributed by atoms with Crippen LogP contribution in [0.3, 0.4) is 0 Å². The Kier molecular flexibility index (Phi) is 2.18. The van der Waals surface area contributed by atoms with Crippen LogP contribution in [-0.2, 0) is 4.74 Å². The lowest BCUT2D eigenvalue weighted by atomic mass is 10.0. The highest BCUT2D eigenvalue weighted by Crippen LogP contribution is 2.28. The van der Waals surface area contributed by atoms with Gasteiger partial charge in [0.2, 0.25) is 0 Å². The van der Waals surface area contributed by atoms with Gasteiger partial charge < -0.3 is 10.5 Å². The van der Waals surface area contributed by atoms with E-state index in [1.807, 2.05) is 6.07 Å². The molecule has 0 saturated carbocycles. The van der Waals surface area contributed by atoms with Crippen molar-refractivity contribution in [3.8, 4) is 0 Å². The van der Waals surface area contributed by atoms with Crippen LogP contribution in [-0.4, -0.2) is 28.2 Å². The molecule has 0 aliphatic carbocycles. The zero-order valence-corrected chi connectivity index (χ0v) is 8.76. The van der Waals surface area contributed by atoms with Crippen LogP contribution in [0, 0.1) is 0 Å². The molecule has 3 rings (SSSR count). The number of hydrogen-bond acceptors (Lipinski definition) is 5. The first kappa shape index (κ1) is 9.47. The molecule has 16 heavy (non-hydrogen) atoms. The molecule has 5 nitrogen and oxygen atoms in total. The normalized spacial score (nSPS) is 20.4. The molecule has 1 fully saturated rings. The van der Waals surface area contributed by atoms with Gasteiger partial charge in [0.05, 0.1) is 24.0 Å². The van der Waals surface area contributed by atoms with Crippen LogP contribution in [0.15, 0.2) is 18.5 Å². The predicted octanol–water partition coefficient (Wildman–Crippen LogP) is 1.11. The number of fused-ring (bicyclic) bond motifs is 1.